The molecule has 0 fully saturated rings. The molecule has 0 saturated carbocycles. The fourth-order valence-corrected chi connectivity index (χ4v) is 2.59. The molecule has 0 bridgehead atoms. The second kappa shape index (κ2) is 13.9. The standard InChI is InChI=1S/C19H29NO11/c1-7-20-17(26)8-15(28-11(3)22)18(30-13(5)24)19(31-14(6)25)16(29-12(4)23)9-27-10(2)21/h15-16,18-19H,7-9H2,1-6H3,(H,20,26)/t15-,16-,18-,19-/m1/s1. The molecule has 1 N–H and O–H groups in total. The van der Waals surface area contributed by atoms with Crippen molar-refractivity contribution in [2.75, 3.05) is 13.2 Å². The lowest BCUT2D eigenvalue weighted by molar-refractivity contribution is -0.203. The van der Waals surface area contributed by atoms with Crippen LogP contribution in [0.2, 0.25) is 0 Å². The van der Waals surface area contributed by atoms with Gasteiger partial charge in [-0.1, -0.05) is 0 Å². The summed E-state index contributed by atoms with van der Waals surface area (Å²) >= 11 is 0. The topological polar surface area (TPSA) is 161 Å². The molecule has 12 nitrogen and oxygen atoms in total. The molecule has 0 spiro atoms. The van der Waals surface area contributed by atoms with Gasteiger partial charge < -0.3 is 29.0 Å². The predicted octanol–water partition coefficient (Wildman–Crippen LogP) is -0.197. The van der Waals surface area contributed by atoms with Crippen LogP contribution in [-0.2, 0) is 52.5 Å². The molecule has 0 unspecified atom stereocenters. The number of ether oxygens (including phenoxy) is 5. The average molecular weight is 447 g/mol. The Kier molecular flexibility index (Phi) is 12.5. The number of amides is 1. The van der Waals surface area contributed by atoms with Gasteiger partial charge >= 0.3 is 29.8 Å². The van der Waals surface area contributed by atoms with E-state index in [9.17, 15) is 28.8 Å². The smallest absolute Gasteiger partial charge is 0.303 e. The average Bonchev–Trinajstić information content (AvgIpc) is 2.60. The highest BCUT2D eigenvalue weighted by atomic mass is 16.6. The quantitative estimate of drug-likeness (QED) is 0.312. The maximum absolute atomic E-state index is 12.1. The molecule has 0 aliphatic carbocycles. The Morgan fingerprint density at radius 1 is 0.645 bits per heavy atom. The minimum atomic E-state index is -1.57. The molecule has 0 radical (unpaired) electrons. The van der Waals surface area contributed by atoms with Gasteiger partial charge in [-0.3, -0.25) is 28.8 Å². The number of esters is 5. The first-order valence-corrected chi connectivity index (χ1v) is 9.46. The van der Waals surface area contributed by atoms with Gasteiger partial charge in [-0.25, -0.2) is 0 Å². The zero-order valence-electron chi connectivity index (χ0n) is 18.4. The van der Waals surface area contributed by atoms with E-state index in [1.165, 1.54) is 0 Å². The molecule has 0 heterocycles. The van der Waals surface area contributed by atoms with E-state index >= 15 is 0 Å². The van der Waals surface area contributed by atoms with Crippen molar-refractivity contribution < 1.29 is 52.5 Å². The van der Waals surface area contributed by atoms with Crippen LogP contribution < -0.4 is 5.32 Å². The van der Waals surface area contributed by atoms with Gasteiger partial charge in [0.15, 0.2) is 24.4 Å². The summed E-state index contributed by atoms with van der Waals surface area (Å²) in [6, 6.07) is 0. The van der Waals surface area contributed by atoms with Crippen molar-refractivity contribution in [2.45, 2.75) is 72.4 Å². The first kappa shape index (κ1) is 27.8. The van der Waals surface area contributed by atoms with Crippen LogP contribution in [-0.4, -0.2) is 73.3 Å². The number of rotatable bonds is 12. The molecular weight excluding hydrogens is 418 g/mol. The zero-order chi connectivity index (χ0) is 24.1. The molecular formula is C19H29NO11. The third-order valence-electron chi connectivity index (χ3n) is 3.51. The minimum Gasteiger partial charge on any atom is -0.462 e. The Hall–Kier alpha value is -3.18. The largest absolute Gasteiger partial charge is 0.462 e. The van der Waals surface area contributed by atoms with Crippen molar-refractivity contribution in [3.8, 4) is 0 Å². The summed E-state index contributed by atoms with van der Waals surface area (Å²) in [7, 11) is 0. The predicted molar refractivity (Wildman–Crippen MR) is 102 cm³/mol. The van der Waals surface area contributed by atoms with E-state index in [1.807, 2.05) is 0 Å². The van der Waals surface area contributed by atoms with Crippen LogP contribution in [0.5, 0.6) is 0 Å². The summed E-state index contributed by atoms with van der Waals surface area (Å²) < 4.78 is 25.6. The fourth-order valence-electron chi connectivity index (χ4n) is 2.59. The molecule has 176 valence electrons. The highest BCUT2D eigenvalue weighted by molar-refractivity contribution is 5.77. The normalized spacial score (nSPS) is 14.1. The van der Waals surface area contributed by atoms with Crippen LogP contribution in [0.15, 0.2) is 0 Å². The lowest BCUT2D eigenvalue weighted by Gasteiger charge is -2.35. The number of carbonyl (C=O) groups is 6. The van der Waals surface area contributed by atoms with Crippen LogP contribution in [0, 0.1) is 0 Å². The van der Waals surface area contributed by atoms with Crippen LogP contribution in [0.4, 0.5) is 0 Å². The SMILES string of the molecule is CCNC(=O)C[C@@H](OC(C)=O)[C@@H](OC(C)=O)[C@H](OC(C)=O)[C@@H](COC(C)=O)OC(C)=O. The lowest BCUT2D eigenvalue weighted by Crippen LogP contribution is -2.53. The molecule has 0 aliphatic rings. The van der Waals surface area contributed by atoms with E-state index < -0.39 is 73.2 Å². The summed E-state index contributed by atoms with van der Waals surface area (Å²) in [6.07, 6.45) is -6.42. The molecule has 0 aromatic carbocycles. The molecule has 0 aromatic rings. The third-order valence-corrected chi connectivity index (χ3v) is 3.51. The summed E-state index contributed by atoms with van der Waals surface area (Å²) in [6.45, 7) is 6.70. The van der Waals surface area contributed by atoms with Gasteiger partial charge in [0.25, 0.3) is 0 Å². The van der Waals surface area contributed by atoms with Gasteiger partial charge in [-0.05, 0) is 6.92 Å². The van der Waals surface area contributed by atoms with Crippen LogP contribution >= 0.6 is 0 Å². The van der Waals surface area contributed by atoms with Crippen molar-refractivity contribution in [1.82, 2.24) is 5.32 Å². The molecule has 0 aromatic heterocycles. The Bertz CT molecular complexity index is 676. The van der Waals surface area contributed by atoms with Crippen molar-refractivity contribution in [1.29, 1.82) is 0 Å². The van der Waals surface area contributed by atoms with E-state index in [4.69, 9.17) is 23.7 Å². The van der Waals surface area contributed by atoms with Crippen molar-refractivity contribution >= 4 is 35.8 Å². The van der Waals surface area contributed by atoms with Gasteiger partial charge in [0, 0.05) is 41.2 Å². The molecule has 0 aliphatic heterocycles. The van der Waals surface area contributed by atoms with E-state index in [2.05, 4.69) is 5.32 Å². The summed E-state index contributed by atoms with van der Waals surface area (Å²) in [4.78, 5) is 70.1. The second-order valence-corrected chi connectivity index (χ2v) is 6.40. The van der Waals surface area contributed by atoms with Crippen molar-refractivity contribution in [3.63, 3.8) is 0 Å². The Balaban J connectivity index is 6.27. The number of nitrogens with one attached hydrogen (secondary N) is 1. The molecule has 12 heteroatoms. The second-order valence-electron chi connectivity index (χ2n) is 6.40. The van der Waals surface area contributed by atoms with Gasteiger partial charge in [0.2, 0.25) is 5.91 Å². The first-order chi connectivity index (χ1) is 14.4. The van der Waals surface area contributed by atoms with Crippen LogP contribution in [0.3, 0.4) is 0 Å². The maximum Gasteiger partial charge on any atom is 0.303 e. The Labute approximate surface area is 179 Å². The van der Waals surface area contributed by atoms with E-state index in [-0.39, 0.29) is 6.54 Å². The maximum atomic E-state index is 12.1. The van der Waals surface area contributed by atoms with Gasteiger partial charge in [0.1, 0.15) is 6.61 Å². The highest BCUT2D eigenvalue weighted by Gasteiger charge is 2.44. The van der Waals surface area contributed by atoms with Crippen LogP contribution in [0.1, 0.15) is 48.0 Å². The minimum absolute atomic E-state index is 0.278. The van der Waals surface area contributed by atoms with Gasteiger partial charge in [0.05, 0.1) is 6.42 Å². The molecule has 4 atom stereocenters. The van der Waals surface area contributed by atoms with Gasteiger partial charge in [-0.15, -0.1) is 0 Å². The summed E-state index contributed by atoms with van der Waals surface area (Å²) in [5.41, 5.74) is 0. The van der Waals surface area contributed by atoms with Crippen molar-refractivity contribution in [3.05, 3.63) is 0 Å². The number of hydrogen-bond donors (Lipinski definition) is 1. The zero-order valence-corrected chi connectivity index (χ0v) is 18.4. The molecule has 1 amide bonds. The Morgan fingerprint density at radius 2 is 1.06 bits per heavy atom. The third kappa shape index (κ3) is 12.2. The molecule has 0 saturated heterocycles. The van der Waals surface area contributed by atoms with Crippen molar-refractivity contribution in [2.24, 2.45) is 0 Å². The van der Waals surface area contributed by atoms with Crippen LogP contribution in [0.25, 0.3) is 0 Å². The van der Waals surface area contributed by atoms with E-state index in [1.54, 1.807) is 6.92 Å². The Morgan fingerprint density at radius 3 is 1.45 bits per heavy atom. The monoisotopic (exact) mass is 447 g/mol. The fraction of sp³-hybridized carbons (Fsp3) is 0.684. The summed E-state index contributed by atoms with van der Waals surface area (Å²) in [5, 5.41) is 2.51. The number of hydrogen-bond acceptors (Lipinski definition) is 11. The van der Waals surface area contributed by atoms with Gasteiger partial charge in [-0.2, -0.15) is 0 Å². The first-order valence-electron chi connectivity index (χ1n) is 9.46. The lowest BCUT2D eigenvalue weighted by atomic mass is 9.99. The van der Waals surface area contributed by atoms with E-state index in [0.29, 0.717) is 0 Å². The van der Waals surface area contributed by atoms with E-state index in [0.717, 1.165) is 34.6 Å². The molecule has 0 rings (SSSR count). The highest BCUT2D eigenvalue weighted by Crippen LogP contribution is 2.22. The summed E-state index contributed by atoms with van der Waals surface area (Å²) in [5.74, 6) is -4.61. The number of carbonyl (C=O) groups excluding carboxylic acids is 6. The molecule has 31 heavy (non-hydrogen) atoms.